The predicted octanol–water partition coefficient (Wildman–Crippen LogP) is 2.81. The van der Waals surface area contributed by atoms with Gasteiger partial charge in [-0.25, -0.2) is 4.99 Å². The Morgan fingerprint density at radius 1 is 1.15 bits per heavy atom. The molecule has 0 aliphatic carbocycles. The van der Waals surface area contributed by atoms with Crippen LogP contribution in [0, 0.1) is 10.1 Å². The van der Waals surface area contributed by atoms with E-state index in [1.807, 2.05) is 30.3 Å². The minimum Gasteiger partial charge on any atom is -0.382 e. The molecule has 0 spiro atoms. The van der Waals surface area contributed by atoms with Crippen LogP contribution in [0.15, 0.2) is 65.4 Å². The van der Waals surface area contributed by atoms with Gasteiger partial charge >= 0.3 is 0 Å². The first-order chi connectivity index (χ1) is 12.4. The number of nitrogens with zero attached hydrogens (tertiary/aromatic N) is 4. The summed E-state index contributed by atoms with van der Waals surface area (Å²) >= 11 is 0. The average molecular weight is 350 g/mol. The molecular formula is C19H18N4O3. The third-order valence-corrected chi connectivity index (χ3v) is 3.99. The van der Waals surface area contributed by atoms with Crippen LogP contribution in [0.25, 0.3) is 0 Å². The summed E-state index contributed by atoms with van der Waals surface area (Å²) < 4.78 is 0. The Bertz CT molecular complexity index is 933. The summed E-state index contributed by atoms with van der Waals surface area (Å²) in [5, 5.41) is 11.2. The highest BCUT2D eigenvalue weighted by Crippen LogP contribution is 2.31. The number of hydrogen-bond acceptors (Lipinski definition) is 5. The average Bonchev–Trinajstić information content (AvgIpc) is 2.72. The molecule has 0 atom stereocenters. The monoisotopic (exact) mass is 350 g/mol. The van der Waals surface area contributed by atoms with Crippen molar-refractivity contribution >= 4 is 23.0 Å². The van der Waals surface area contributed by atoms with Crippen molar-refractivity contribution in [2.45, 2.75) is 0 Å². The molecule has 26 heavy (non-hydrogen) atoms. The predicted molar refractivity (Wildman–Crippen MR) is 100 cm³/mol. The second-order valence-corrected chi connectivity index (χ2v) is 6.13. The van der Waals surface area contributed by atoms with Crippen molar-refractivity contribution in [3.8, 4) is 0 Å². The van der Waals surface area contributed by atoms with Gasteiger partial charge in [0, 0.05) is 50.6 Å². The maximum Gasteiger partial charge on any atom is 0.278 e. The zero-order valence-corrected chi connectivity index (χ0v) is 14.7. The number of aliphatic imine (C=N–C) groups is 1. The van der Waals surface area contributed by atoms with Crippen molar-refractivity contribution in [1.29, 1.82) is 0 Å². The molecule has 0 radical (unpaired) electrons. The maximum absolute atomic E-state index is 12.8. The van der Waals surface area contributed by atoms with Gasteiger partial charge in [0.2, 0.25) is 0 Å². The molecule has 1 aliphatic rings. The topological polar surface area (TPSA) is 79.0 Å². The quantitative estimate of drug-likeness (QED) is 0.484. The standard InChI is InChI=1S/C19H18N4O3/c1-21(2)12-16-19(24)22(3)17-10-9-14(23(25)26)11-15(17)18(20-16)13-7-5-4-6-8-13/h4-12H,1-3H3. The van der Waals surface area contributed by atoms with E-state index in [-0.39, 0.29) is 17.3 Å². The van der Waals surface area contributed by atoms with E-state index >= 15 is 0 Å². The van der Waals surface area contributed by atoms with Crippen LogP contribution in [0.3, 0.4) is 0 Å². The summed E-state index contributed by atoms with van der Waals surface area (Å²) in [6.07, 6.45) is 1.64. The first kappa shape index (κ1) is 17.3. The van der Waals surface area contributed by atoms with E-state index in [9.17, 15) is 14.9 Å². The molecule has 132 valence electrons. The largest absolute Gasteiger partial charge is 0.382 e. The first-order valence-corrected chi connectivity index (χ1v) is 7.97. The fraction of sp³-hybridized carbons (Fsp3) is 0.158. The zero-order chi connectivity index (χ0) is 18.8. The van der Waals surface area contributed by atoms with Gasteiger partial charge in [0.25, 0.3) is 11.6 Å². The Hall–Kier alpha value is -3.48. The van der Waals surface area contributed by atoms with Crippen LogP contribution in [0.5, 0.6) is 0 Å². The first-order valence-electron chi connectivity index (χ1n) is 7.97. The van der Waals surface area contributed by atoms with Crippen LogP contribution in [0.4, 0.5) is 11.4 Å². The molecule has 0 aromatic heterocycles. The Balaban J connectivity index is 2.32. The number of nitro benzene ring substituents is 1. The molecule has 3 rings (SSSR count). The number of benzodiazepines with no additional fused rings is 1. The Morgan fingerprint density at radius 2 is 1.85 bits per heavy atom. The normalized spacial score (nSPS) is 15.3. The lowest BCUT2D eigenvalue weighted by molar-refractivity contribution is -0.384. The smallest absolute Gasteiger partial charge is 0.278 e. The third kappa shape index (κ3) is 3.19. The van der Waals surface area contributed by atoms with E-state index < -0.39 is 4.92 Å². The molecule has 0 fully saturated rings. The van der Waals surface area contributed by atoms with E-state index in [1.54, 1.807) is 38.3 Å². The molecule has 1 amide bonds. The Kier molecular flexibility index (Phi) is 4.53. The van der Waals surface area contributed by atoms with Gasteiger partial charge < -0.3 is 9.80 Å². The highest BCUT2D eigenvalue weighted by Gasteiger charge is 2.27. The summed E-state index contributed by atoms with van der Waals surface area (Å²) in [5.74, 6) is -0.278. The lowest BCUT2D eigenvalue weighted by Gasteiger charge is -2.18. The fourth-order valence-electron chi connectivity index (χ4n) is 2.77. The number of carbonyl (C=O) groups excluding carboxylic acids is 1. The highest BCUT2D eigenvalue weighted by molar-refractivity contribution is 6.22. The number of rotatable bonds is 3. The van der Waals surface area contributed by atoms with Crippen molar-refractivity contribution < 1.29 is 9.72 Å². The molecule has 0 N–H and O–H groups in total. The Morgan fingerprint density at radius 3 is 2.46 bits per heavy atom. The third-order valence-electron chi connectivity index (χ3n) is 3.99. The maximum atomic E-state index is 12.8. The highest BCUT2D eigenvalue weighted by atomic mass is 16.6. The lowest BCUT2D eigenvalue weighted by Crippen LogP contribution is -2.27. The fourth-order valence-corrected chi connectivity index (χ4v) is 2.77. The van der Waals surface area contributed by atoms with Crippen LogP contribution in [0.2, 0.25) is 0 Å². The number of carbonyl (C=O) groups is 1. The number of anilines is 1. The number of benzene rings is 2. The summed E-state index contributed by atoms with van der Waals surface area (Å²) in [7, 11) is 5.25. The molecular weight excluding hydrogens is 332 g/mol. The number of amides is 1. The second kappa shape index (κ2) is 6.79. The van der Waals surface area contributed by atoms with Gasteiger partial charge in [0.05, 0.1) is 16.3 Å². The number of non-ortho nitro benzene ring substituents is 1. The van der Waals surface area contributed by atoms with E-state index in [1.165, 1.54) is 17.0 Å². The van der Waals surface area contributed by atoms with Crippen LogP contribution >= 0.6 is 0 Å². The molecule has 0 saturated heterocycles. The molecule has 1 heterocycles. The Labute approximate surface area is 151 Å². The van der Waals surface area contributed by atoms with Crippen LogP contribution < -0.4 is 4.90 Å². The lowest BCUT2D eigenvalue weighted by atomic mass is 9.99. The van der Waals surface area contributed by atoms with E-state index in [2.05, 4.69) is 4.99 Å². The molecule has 0 unspecified atom stereocenters. The molecule has 2 aromatic rings. The molecule has 7 heteroatoms. The summed E-state index contributed by atoms with van der Waals surface area (Å²) in [4.78, 5) is 31.4. The zero-order valence-electron chi connectivity index (χ0n) is 14.7. The van der Waals surface area contributed by atoms with Gasteiger partial charge in [0.15, 0.2) is 0 Å². The van der Waals surface area contributed by atoms with E-state index in [0.717, 1.165) is 5.56 Å². The van der Waals surface area contributed by atoms with Crippen molar-refractivity contribution in [3.05, 3.63) is 81.7 Å². The van der Waals surface area contributed by atoms with Gasteiger partial charge in [-0.2, -0.15) is 0 Å². The second-order valence-electron chi connectivity index (χ2n) is 6.13. The van der Waals surface area contributed by atoms with Gasteiger partial charge in [-0.3, -0.25) is 14.9 Å². The number of hydrogen-bond donors (Lipinski definition) is 0. The van der Waals surface area contributed by atoms with Crippen molar-refractivity contribution in [3.63, 3.8) is 0 Å². The number of nitro groups is 1. The van der Waals surface area contributed by atoms with Crippen LogP contribution in [0.1, 0.15) is 11.1 Å². The minimum atomic E-state index is -0.452. The molecule has 0 saturated carbocycles. The van der Waals surface area contributed by atoms with Crippen LogP contribution in [-0.2, 0) is 4.79 Å². The van der Waals surface area contributed by atoms with Gasteiger partial charge in [0.1, 0.15) is 5.70 Å². The van der Waals surface area contributed by atoms with Gasteiger partial charge in [-0.1, -0.05) is 30.3 Å². The SMILES string of the molecule is CN(C)C=C1N=C(c2ccccc2)c2cc([N+](=O)[O-])ccc2N(C)C1=O. The van der Waals surface area contributed by atoms with Crippen molar-refractivity contribution in [2.75, 3.05) is 26.0 Å². The molecule has 1 aliphatic heterocycles. The summed E-state index contributed by atoms with van der Waals surface area (Å²) in [6, 6.07) is 13.8. The molecule has 2 aromatic carbocycles. The number of likely N-dealkylation sites (N-methyl/N-ethyl adjacent to an activating group) is 1. The van der Waals surface area contributed by atoms with Crippen LogP contribution in [-0.4, -0.2) is 42.6 Å². The minimum absolute atomic E-state index is 0.0479. The summed E-state index contributed by atoms with van der Waals surface area (Å²) in [5.41, 5.74) is 2.63. The molecule has 7 nitrogen and oxygen atoms in total. The van der Waals surface area contributed by atoms with Gasteiger partial charge in [-0.15, -0.1) is 0 Å². The van der Waals surface area contributed by atoms with E-state index in [0.29, 0.717) is 17.0 Å². The summed E-state index contributed by atoms with van der Waals surface area (Å²) in [6.45, 7) is 0. The van der Waals surface area contributed by atoms with Crippen molar-refractivity contribution in [1.82, 2.24) is 4.90 Å². The van der Waals surface area contributed by atoms with E-state index in [4.69, 9.17) is 0 Å². The molecule has 0 bridgehead atoms. The number of fused-ring (bicyclic) bond motifs is 1. The van der Waals surface area contributed by atoms with Crippen molar-refractivity contribution in [2.24, 2.45) is 4.99 Å². The van der Waals surface area contributed by atoms with Gasteiger partial charge in [-0.05, 0) is 6.07 Å².